The monoisotopic (exact) mass is 333 g/mol. The molecule has 2 aromatic rings. The van der Waals surface area contributed by atoms with Crippen LogP contribution in [-0.4, -0.2) is 15.0 Å². The summed E-state index contributed by atoms with van der Waals surface area (Å²) >= 11 is 0. The van der Waals surface area contributed by atoms with Gasteiger partial charge in [0.25, 0.3) is 0 Å². The van der Waals surface area contributed by atoms with Gasteiger partial charge in [0.05, 0.1) is 11.5 Å². The lowest BCUT2D eigenvalue weighted by Gasteiger charge is -2.17. The Bertz CT molecular complexity index is 767. The number of nitrogens with one attached hydrogen (secondary N) is 1. The Morgan fingerprint density at radius 2 is 1.74 bits per heavy atom. The molecule has 0 saturated carbocycles. The van der Waals surface area contributed by atoms with E-state index in [1.807, 2.05) is 45.9 Å². The molecule has 4 nitrogen and oxygen atoms in total. The van der Waals surface area contributed by atoms with Crippen LogP contribution in [0, 0.1) is 13.8 Å². The average molecular weight is 333 g/mol. The molecule has 0 fully saturated rings. The summed E-state index contributed by atoms with van der Waals surface area (Å²) in [7, 11) is -3.57. The van der Waals surface area contributed by atoms with Crippen molar-refractivity contribution in [2.24, 2.45) is 0 Å². The van der Waals surface area contributed by atoms with E-state index in [1.54, 1.807) is 24.3 Å². The maximum Gasteiger partial charge on any atom is 0.241 e. The summed E-state index contributed by atoms with van der Waals surface area (Å²) in [6.07, 6.45) is 0. The molecular formula is C18H23NO3S. The third kappa shape index (κ3) is 4.33. The van der Waals surface area contributed by atoms with Crippen LogP contribution in [0.1, 0.15) is 36.6 Å². The number of benzene rings is 2. The normalized spacial score (nSPS) is 12.9. The lowest BCUT2D eigenvalue weighted by atomic mass is 10.0. The molecule has 124 valence electrons. The molecule has 0 heterocycles. The fraction of sp³-hybridized carbons (Fsp3) is 0.333. The molecule has 23 heavy (non-hydrogen) atoms. The predicted octanol–water partition coefficient (Wildman–Crippen LogP) is 3.74. The van der Waals surface area contributed by atoms with Crippen LogP contribution in [0.3, 0.4) is 0 Å². The van der Waals surface area contributed by atoms with Gasteiger partial charge in [-0.2, -0.15) is 0 Å². The van der Waals surface area contributed by atoms with Crippen LogP contribution in [0.15, 0.2) is 47.4 Å². The van der Waals surface area contributed by atoms with E-state index in [2.05, 4.69) is 4.72 Å². The fourth-order valence-electron chi connectivity index (χ4n) is 2.47. The summed E-state index contributed by atoms with van der Waals surface area (Å²) in [5.74, 6) is 0.661. The zero-order valence-corrected chi connectivity index (χ0v) is 14.8. The third-order valence-corrected chi connectivity index (χ3v) is 5.23. The van der Waals surface area contributed by atoms with Crippen LogP contribution in [-0.2, 0) is 10.0 Å². The van der Waals surface area contributed by atoms with Crippen molar-refractivity contribution >= 4 is 10.0 Å². The standard InChI is InChI=1S/C18H23NO3S/c1-5-22-16-8-10-17(11-9-16)23(20,21)19-15(4)18-12-13(2)6-7-14(18)3/h6-12,15,19H,5H2,1-4H3/t15-/m1/s1. The van der Waals surface area contributed by atoms with E-state index in [1.165, 1.54) is 0 Å². The van der Waals surface area contributed by atoms with Gasteiger partial charge in [0.2, 0.25) is 10.0 Å². The highest BCUT2D eigenvalue weighted by atomic mass is 32.2. The second kappa shape index (κ2) is 7.15. The minimum absolute atomic E-state index is 0.234. The minimum atomic E-state index is -3.57. The Morgan fingerprint density at radius 1 is 1.09 bits per heavy atom. The maximum atomic E-state index is 12.5. The zero-order chi connectivity index (χ0) is 17.0. The van der Waals surface area contributed by atoms with E-state index in [4.69, 9.17) is 4.74 Å². The molecular weight excluding hydrogens is 310 g/mol. The SMILES string of the molecule is CCOc1ccc(S(=O)(=O)N[C@H](C)c2cc(C)ccc2C)cc1. The van der Waals surface area contributed by atoms with Crippen LogP contribution in [0.5, 0.6) is 5.75 Å². The molecule has 0 aliphatic carbocycles. The maximum absolute atomic E-state index is 12.5. The van der Waals surface area contributed by atoms with Gasteiger partial charge in [-0.3, -0.25) is 0 Å². The molecule has 1 N–H and O–H groups in total. The molecule has 0 aliphatic heterocycles. The van der Waals surface area contributed by atoms with Gasteiger partial charge in [-0.25, -0.2) is 13.1 Å². The number of hydrogen-bond acceptors (Lipinski definition) is 3. The van der Waals surface area contributed by atoms with Crippen molar-refractivity contribution in [3.8, 4) is 5.75 Å². The average Bonchev–Trinajstić information content (AvgIpc) is 2.50. The van der Waals surface area contributed by atoms with Gasteiger partial charge < -0.3 is 4.74 Å². The molecule has 2 rings (SSSR count). The van der Waals surface area contributed by atoms with Crippen molar-refractivity contribution in [3.63, 3.8) is 0 Å². The van der Waals surface area contributed by atoms with Gasteiger partial charge in [0, 0.05) is 6.04 Å². The summed E-state index contributed by atoms with van der Waals surface area (Å²) in [6, 6.07) is 12.2. The van der Waals surface area contributed by atoms with Gasteiger partial charge in [0.1, 0.15) is 5.75 Å². The number of hydrogen-bond donors (Lipinski definition) is 1. The van der Waals surface area contributed by atoms with Crippen LogP contribution in [0.2, 0.25) is 0 Å². The molecule has 2 aromatic carbocycles. The van der Waals surface area contributed by atoms with Crippen molar-refractivity contribution in [3.05, 3.63) is 59.2 Å². The van der Waals surface area contributed by atoms with E-state index >= 15 is 0 Å². The van der Waals surface area contributed by atoms with E-state index in [0.717, 1.165) is 16.7 Å². The van der Waals surface area contributed by atoms with E-state index < -0.39 is 10.0 Å². The highest BCUT2D eigenvalue weighted by Crippen LogP contribution is 2.22. The first kappa shape index (κ1) is 17.5. The number of sulfonamides is 1. The third-order valence-electron chi connectivity index (χ3n) is 3.68. The Labute approximate surface area is 138 Å². The topological polar surface area (TPSA) is 55.4 Å². The van der Waals surface area contributed by atoms with Crippen molar-refractivity contribution in [2.45, 2.75) is 38.6 Å². The van der Waals surface area contributed by atoms with Gasteiger partial charge in [0.15, 0.2) is 0 Å². The summed E-state index contributed by atoms with van der Waals surface area (Å²) in [6.45, 7) is 8.27. The molecule has 0 unspecified atom stereocenters. The van der Waals surface area contributed by atoms with Gasteiger partial charge >= 0.3 is 0 Å². The van der Waals surface area contributed by atoms with Crippen LogP contribution >= 0.6 is 0 Å². The quantitative estimate of drug-likeness (QED) is 0.876. The number of rotatable bonds is 6. The van der Waals surface area contributed by atoms with Crippen molar-refractivity contribution in [1.29, 1.82) is 0 Å². The summed E-state index contributed by atoms with van der Waals surface area (Å²) in [4.78, 5) is 0.234. The zero-order valence-electron chi connectivity index (χ0n) is 14.0. The Kier molecular flexibility index (Phi) is 5.44. The number of ether oxygens (including phenoxy) is 1. The predicted molar refractivity (Wildman–Crippen MR) is 92.3 cm³/mol. The fourth-order valence-corrected chi connectivity index (χ4v) is 3.70. The Morgan fingerprint density at radius 3 is 2.35 bits per heavy atom. The first-order chi connectivity index (χ1) is 10.8. The molecule has 5 heteroatoms. The second-order valence-electron chi connectivity index (χ2n) is 5.61. The molecule has 0 bridgehead atoms. The highest BCUT2D eigenvalue weighted by molar-refractivity contribution is 7.89. The molecule has 0 amide bonds. The van der Waals surface area contributed by atoms with Crippen LogP contribution in [0.4, 0.5) is 0 Å². The van der Waals surface area contributed by atoms with Gasteiger partial charge in [-0.1, -0.05) is 23.8 Å². The Hall–Kier alpha value is -1.85. The molecule has 0 aliphatic rings. The molecule has 1 atom stereocenters. The summed E-state index contributed by atoms with van der Waals surface area (Å²) in [5.41, 5.74) is 3.16. The first-order valence-corrected chi connectivity index (χ1v) is 9.14. The molecule has 0 radical (unpaired) electrons. The van der Waals surface area contributed by atoms with Gasteiger partial charge in [-0.05, 0) is 63.1 Å². The minimum Gasteiger partial charge on any atom is -0.494 e. The van der Waals surface area contributed by atoms with Crippen molar-refractivity contribution in [1.82, 2.24) is 4.72 Å². The molecule has 0 spiro atoms. The van der Waals surface area contributed by atoms with Crippen LogP contribution in [0.25, 0.3) is 0 Å². The summed E-state index contributed by atoms with van der Waals surface area (Å²) in [5, 5.41) is 0. The lowest BCUT2D eigenvalue weighted by molar-refractivity contribution is 0.340. The van der Waals surface area contributed by atoms with Crippen molar-refractivity contribution < 1.29 is 13.2 Å². The van der Waals surface area contributed by atoms with Gasteiger partial charge in [-0.15, -0.1) is 0 Å². The molecule has 0 saturated heterocycles. The van der Waals surface area contributed by atoms with Crippen molar-refractivity contribution in [2.75, 3.05) is 6.61 Å². The number of aryl methyl sites for hydroxylation is 2. The largest absolute Gasteiger partial charge is 0.494 e. The second-order valence-corrected chi connectivity index (χ2v) is 7.32. The first-order valence-electron chi connectivity index (χ1n) is 7.66. The Balaban J connectivity index is 2.21. The lowest BCUT2D eigenvalue weighted by Crippen LogP contribution is -2.27. The summed E-state index contributed by atoms with van der Waals surface area (Å²) < 4.78 is 33.1. The van der Waals surface area contributed by atoms with Crippen LogP contribution < -0.4 is 9.46 Å². The molecule has 0 aromatic heterocycles. The van der Waals surface area contributed by atoms with E-state index in [0.29, 0.717) is 12.4 Å². The highest BCUT2D eigenvalue weighted by Gasteiger charge is 2.19. The van der Waals surface area contributed by atoms with E-state index in [9.17, 15) is 8.42 Å². The smallest absolute Gasteiger partial charge is 0.241 e. The van der Waals surface area contributed by atoms with E-state index in [-0.39, 0.29) is 10.9 Å².